The normalized spacial score (nSPS) is 17.2. The SMILES string of the molecule is CCN1/C(=C/C=C(/C=C/C2[NH+](CC)c3ccc4c(C)cc(S(=O)(=O)O)cc4c3C2(C)C)c2ccc(C(=O)NCCCCCC(=O)NCc3cc4c(nc3CCCCCC[C@@H](C)c3cnc(C)nc3)NCCC4)cn2)C(C)(C)c2c1ccc1c(S(=O)(=O)O)cc(S(=O)(=O)O)cc21.O=C=O. The molecule has 0 saturated carbocycles. The Morgan fingerprint density at radius 2 is 1.45 bits per heavy atom. The second kappa shape index (κ2) is 30.8. The van der Waals surface area contributed by atoms with Crippen molar-refractivity contribution in [1.82, 2.24) is 30.6 Å². The number of allylic oxidation sites excluding steroid dienone is 5. The predicted octanol–water partition coefficient (Wildman–Crippen LogP) is 11.1. The molecule has 2 unspecified atom stereocenters. The summed E-state index contributed by atoms with van der Waals surface area (Å²) >= 11 is 0. The van der Waals surface area contributed by atoms with Crippen LogP contribution in [-0.4, -0.2) is 109 Å². The van der Waals surface area contributed by atoms with E-state index in [0.717, 1.165) is 126 Å². The standard InChI is InChI=1S/C72H87N9O11S3.CO2/c1-10-80-61-30-27-55-46(4)36-53(93(84,85)86)38-57(55)67(61)71(6,7)64(80)32-25-48(26-33-65-72(8,9)68-58-39-54(94(87,88)89)40-63(95(90,91)92)56(58)28-31-62(68)81(65)11-2)59-29-24-50(41-77-59)70(83)74-34-18-14-17-23-66(82)78-42-51-37-49-21-19-35-73-69(49)79-60(51)22-16-13-12-15-20-45(3)52-43-75-47(5)76-44-52;2-1-3/h24-33,36-41,43-45,64H,10-23,34-35,42H2,1-9H3,(H,73,79)(H,74,83)(H,78,82)(H,84,85,86)(H,87,88,89)(H,90,91,92);/p+1/b32-25+,48-26-,65-33+;/t45-,64?;/m1./s1. The Balaban J connectivity index is 0.00000368. The van der Waals surface area contributed by atoms with E-state index >= 15 is 0 Å². The van der Waals surface area contributed by atoms with Crippen molar-refractivity contribution in [3.05, 3.63) is 171 Å². The zero-order chi connectivity index (χ0) is 71.1. The first-order valence-electron chi connectivity index (χ1n) is 33.3. The molecule has 98 heavy (non-hydrogen) atoms. The minimum absolute atomic E-state index is 0.0295. The summed E-state index contributed by atoms with van der Waals surface area (Å²) in [5, 5.41) is 11.5. The Hall–Kier alpha value is -8.39. The van der Waals surface area contributed by atoms with Gasteiger partial charge in [-0.3, -0.25) is 33.1 Å². The van der Waals surface area contributed by atoms with Crippen LogP contribution >= 0.6 is 0 Å². The molecule has 3 aliphatic heterocycles. The van der Waals surface area contributed by atoms with Crippen LogP contribution in [0.1, 0.15) is 180 Å². The number of nitrogens with zero attached hydrogens (tertiary/aromatic N) is 5. The number of likely N-dealkylation sites (N-methyl/N-ethyl adjacent to an activating group) is 2. The number of fused-ring (bicyclic) bond motifs is 7. The van der Waals surface area contributed by atoms with Gasteiger partial charge in [0.15, 0.2) is 0 Å². The van der Waals surface area contributed by atoms with Crippen molar-refractivity contribution in [3.63, 3.8) is 0 Å². The van der Waals surface area contributed by atoms with Gasteiger partial charge in [-0.05, 0) is 203 Å². The van der Waals surface area contributed by atoms with Gasteiger partial charge in [-0.25, -0.2) is 15.0 Å². The lowest BCUT2D eigenvalue weighted by molar-refractivity contribution is -0.848. The van der Waals surface area contributed by atoms with Gasteiger partial charge >= 0.3 is 6.15 Å². The lowest BCUT2D eigenvalue weighted by Gasteiger charge is -2.27. The molecule has 2 amide bonds. The van der Waals surface area contributed by atoms with Crippen LogP contribution in [0.5, 0.6) is 0 Å². The highest BCUT2D eigenvalue weighted by Gasteiger charge is 2.49. The fourth-order valence-corrected chi connectivity index (χ4v) is 16.2. The zero-order valence-electron chi connectivity index (χ0n) is 57.0. The number of nitrogens with one attached hydrogen (secondary N) is 4. The second-order valence-electron chi connectivity index (χ2n) is 26.6. The highest BCUT2D eigenvalue weighted by Crippen LogP contribution is 2.52. The van der Waals surface area contributed by atoms with Gasteiger partial charge in [0.2, 0.25) is 5.91 Å². The Morgan fingerprint density at radius 3 is 2.11 bits per heavy atom. The van der Waals surface area contributed by atoms with Crippen LogP contribution in [0.25, 0.3) is 27.1 Å². The van der Waals surface area contributed by atoms with Crippen LogP contribution < -0.4 is 25.8 Å². The molecule has 25 heteroatoms. The van der Waals surface area contributed by atoms with Gasteiger partial charge in [0.1, 0.15) is 28.3 Å². The van der Waals surface area contributed by atoms with E-state index in [1.807, 2.05) is 76.2 Å². The van der Waals surface area contributed by atoms with Gasteiger partial charge in [-0.1, -0.05) is 64.7 Å². The van der Waals surface area contributed by atoms with E-state index in [1.165, 1.54) is 35.5 Å². The van der Waals surface area contributed by atoms with E-state index in [4.69, 9.17) is 19.6 Å². The molecule has 0 saturated heterocycles. The third-order valence-electron chi connectivity index (χ3n) is 19.3. The molecule has 0 bridgehead atoms. The molecule has 0 spiro atoms. The van der Waals surface area contributed by atoms with Gasteiger partial charge in [-0.2, -0.15) is 34.8 Å². The van der Waals surface area contributed by atoms with Crippen LogP contribution in [-0.2, 0) is 75.0 Å². The molecule has 22 nitrogen and oxygen atoms in total. The number of rotatable bonds is 26. The summed E-state index contributed by atoms with van der Waals surface area (Å²) in [5.74, 6) is 1.81. The summed E-state index contributed by atoms with van der Waals surface area (Å²) in [5.41, 5.74) is 9.09. The van der Waals surface area contributed by atoms with E-state index in [-0.39, 0.29) is 39.7 Å². The number of aromatic nitrogens is 4. The van der Waals surface area contributed by atoms with E-state index in [0.29, 0.717) is 85.0 Å². The number of hydrogen-bond acceptors (Lipinski definition) is 16. The van der Waals surface area contributed by atoms with Crippen LogP contribution in [0.3, 0.4) is 0 Å². The molecule has 0 aliphatic carbocycles. The maximum Gasteiger partial charge on any atom is 0.373 e. The van der Waals surface area contributed by atoms with Crippen molar-refractivity contribution in [1.29, 1.82) is 0 Å². The number of amides is 2. The lowest BCUT2D eigenvalue weighted by atomic mass is 9.77. The average molecular weight is 1400 g/mol. The minimum Gasteiger partial charge on any atom is -0.370 e. The summed E-state index contributed by atoms with van der Waals surface area (Å²) in [6.45, 7) is 20.9. The first-order chi connectivity index (χ1) is 46.4. The zero-order valence-corrected chi connectivity index (χ0v) is 59.4. The second-order valence-corrected chi connectivity index (χ2v) is 30.8. The lowest BCUT2D eigenvalue weighted by Crippen LogP contribution is -3.10. The Morgan fingerprint density at radius 1 is 0.776 bits per heavy atom. The molecule has 3 atom stereocenters. The third kappa shape index (κ3) is 16.5. The maximum absolute atomic E-state index is 13.7. The number of carbonyl (C=O) groups is 2. The van der Waals surface area contributed by atoms with Gasteiger partial charge in [0.25, 0.3) is 36.3 Å². The van der Waals surface area contributed by atoms with Gasteiger partial charge in [0, 0.05) is 96.3 Å². The third-order valence-corrected chi connectivity index (χ3v) is 21.9. The fourth-order valence-electron chi connectivity index (χ4n) is 14.3. The first kappa shape index (κ1) is 73.8. The van der Waals surface area contributed by atoms with Gasteiger partial charge in [-0.15, -0.1) is 0 Å². The summed E-state index contributed by atoms with van der Waals surface area (Å²) < 4.78 is 107. The molecule has 7 aromatic rings. The molecule has 4 aromatic carbocycles. The molecule has 7 N–H and O–H groups in total. The molecule has 6 heterocycles. The van der Waals surface area contributed by atoms with E-state index in [1.54, 1.807) is 24.3 Å². The van der Waals surface area contributed by atoms with E-state index in [2.05, 4.69) is 71.8 Å². The highest BCUT2D eigenvalue weighted by molar-refractivity contribution is 7.87. The minimum atomic E-state index is -4.96. The molecule has 0 fully saturated rings. The summed E-state index contributed by atoms with van der Waals surface area (Å²) in [6.07, 6.45) is 24.3. The molecule has 520 valence electrons. The number of quaternary nitrogens is 1. The number of aryl methyl sites for hydroxylation is 4. The van der Waals surface area contributed by atoms with Crippen LogP contribution in [0.4, 0.5) is 17.2 Å². The maximum atomic E-state index is 13.7. The number of hydrogen-bond donors (Lipinski definition) is 7. The van der Waals surface area contributed by atoms with Crippen molar-refractivity contribution < 1.29 is 63.0 Å². The number of anilines is 2. The Bertz CT molecular complexity index is 4660. The molecular weight excluding hydrogens is 1310 g/mol. The van der Waals surface area contributed by atoms with Crippen molar-refractivity contribution in [2.75, 3.05) is 36.4 Å². The van der Waals surface area contributed by atoms with Crippen LogP contribution in [0.15, 0.2) is 130 Å². The number of unbranched alkanes of at least 4 members (excludes halogenated alkanes) is 5. The summed E-state index contributed by atoms with van der Waals surface area (Å²) in [4.78, 5) is 63.5. The monoisotopic (exact) mass is 1390 g/mol. The Kier molecular flexibility index (Phi) is 23.2. The molecule has 0 radical (unpaired) electrons. The Labute approximate surface area is 574 Å². The van der Waals surface area contributed by atoms with Crippen LogP contribution in [0.2, 0.25) is 0 Å². The molecular formula is C73H88N9O13S3+. The largest absolute Gasteiger partial charge is 0.373 e. The average Bonchev–Trinajstić information content (AvgIpc) is 1.54. The number of carbonyl (C=O) groups excluding carboxylic acids is 4. The van der Waals surface area contributed by atoms with E-state index in [9.17, 15) is 48.5 Å². The molecule has 3 aromatic heterocycles. The van der Waals surface area contributed by atoms with Crippen molar-refractivity contribution in [3.8, 4) is 0 Å². The predicted molar refractivity (Wildman–Crippen MR) is 376 cm³/mol. The van der Waals surface area contributed by atoms with E-state index < -0.39 is 51.0 Å². The van der Waals surface area contributed by atoms with Crippen molar-refractivity contribution in [2.24, 2.45) is 0 Å². The number of benzene rings is 4. The highest BCUT2D eigenvalue weighted by atomic mass is 32.2. The van der Waals surface area contributed by atoms with Crippen LogP contribution in [0, 0.1) is 13.8 Å². The summed E-state index contributed by atoms with van der Waals surface area (Å²) in [6, 6.07) is 17.8. The smallest absolute Gasteiger partial charge is 0.370 e. The van der Waals surface area contributed by atoms with Crippen molar-refractivity contribution in [2.45, 2.75) is 183 Å². The van der Waals surface area contributed by atoms with Crippen molar-refractivity contribution >= 4 is 92.6 Å². The quantitative estimate of drug-likeness (QED) is 0.0150. The molecule has 10 rings (SSSR count). The first-order valence-corrected chi connectivity index (χ1v) is 37.6. The van der Waals surface area contributed by atoms with Gasteiger partial charge in [0.05, 0.1) is 33.0 Å². The fraction of sp³-hybridized carbons (Fsp3) is 0.411. The molecule has 3 aliphatic rings. The van der Waals surface area contributed by atoms with Gasteiger partial charge < -0.3 is 20.9 Å². The number of pyridine rings is 2. The summed E-state index contributed by atoms with van der Waals surface area (Å²) in [7, 11) is -14.4. The topological polar surface area (TPSA) is 327 Å².